The fourth-order valence-corrected chi connectivity index (χ4v) is 2.96. The van der Waals surface area contributed by atoms with Crippen LogP contribution in [0.2, 0.25) is 0 Å². The maximum Gasteiger partial charge on any atom is 0.140 e. The summed E-state index contributed by atoms with van der Waals surface area (Å²) < 4.78 is 1.85. The molecule has 0 amide bonds. The highest BCUT2D eigenvalue weighted by atomic mass is 32.2. The van der Waals surface area contributed by atoms with Gasteiger partial charge >= 0.3 is 0 Å². The summed E-state index contributed by atoms with van der Waals surface area (Å²) in [6.45, 7) is 8.42. The Labute approximate surface area is 112 Å². The van der Waals surface area contributed by atoms with Crippen molar-refractivity contribution in [2.75, 3.05) is 11.5 Å². The van der Waals surface area contributed by atoms with E-state index in [2.05, 4.69) is 44.9 Å². The smallest absolute Gasteiger partial charge is 0.140 e. The molecule has 0 fully saturated rings. The van der Waals surface area contributed by atoms with E-state index in [-0.39, 0.29) is 0 Å². The van der Waals surface area contributed by atoms with Crippen LogP contribution in [0, 0.1) is 20.8 Å². The molecule has 0 bridgehead atoms. The Morgan fingerprint density at radius 3 is 2.39 bits per heavy atom. The lowest BCUT2D eigenvalue weighted by Gasteiger charge is -2.13. The minimum Gasteiger partial charge on any atom is -0.383 e. The third-order valence-corrected chi connectivity index (χ3v) is 3.83. The SMILES string of the molecule is CCSc1cnn(-c2c(C)cc(C)cc2C)c1N. The van der Waals surface area contributed by atoms with Crippen LogP contribution in [0.3, 0.4) is 0 Å². The number of thioether (sulfide) groups is 1. The second-order valence-electron chi connectivity index (χ2n) is 4.49. The van der Waals surface area contributed by atoms with Crippen molar-refractivity contribution in [2.24, 2.45) is 0 Å². The van der Waals surface area contributed by atoms with Crippen LogP contribution in [0.1, 0.15) is 23.6 Å². The molecule has 0 saturated carbocycles. The predicted molar refractivity (Wildman–Crippen MR) is 78.6 cm³/mol. The van der Waals surface area contributed by atoms with Crippen LogP contribution in [-0.2, 0) is 0 Å². The van der Waals surface area contributed by atoms with Gasteiger partial charge in [-0.25, -0.2) is 4.68 Å². The van der Waals surface area contributed by atoms with Crippen LogP contribution in [0.4, 0.5) is 5.82 Å². The van der Waals surface area contributed by atoms with Gasteiger partial charge < -0.3 is 5.73 Å². The third-order valence-electron chi connectivity index (χ3n) is 2.92. The van der Waals surface area contributed by atoms with Gasteiger partial charge in [-0.1, -0.05) is 24.6 Å². The zero-order valence-corrected chi connectivity index (χ0v) is 12.1. The van der Waals surface area contributed by atoms with Gasteiger partial charge in [-0.05, 0) is 37.7 Å². The number of nitrogen functional groups attached to an aromatic ring is 1. The van der Waals surface area contributed by atoms with Gasteiger partial charge in [0, 0.05) is 0 Å². The molecule has 96 valence electrons. The molecule has 3 nitrogen and oxygen atoms in total. The van der Waals surface area contributed by atoms with E-state index in [1.165, 1.54) is 16.7 Å². The average Bonchev–Trinajstić information content (AvgIpc) is 2.61. The number of hydrogen-bond donors (Lipinski definition) is 1. The van der Waals surface area contributed by atoms with Crippen LogP contribution in [0.15, 0.2) is 23.2 Å². The highest BCUT2D eigenvalue weighted by Gasteiger charge is 2.13. The lowest BCUT2D eigenvalue weighted by atomic mass is 10.1. The van der Waals surface area contributed by atoms with Gasteiger partial charge in [0.2, 0.25) is 0 Å². The Balaban J connectivity index is 2.56. The minimum absolute atomic E-state index is 0.733. The number of aryl methyl sites for hydroxylation is 3. The summed E-state index contributed by atoms with van der Waals surface area (Å²) in [6.07, 6.45) is 1.85. The summed E-state index contributed by atoms with van der Waals surface area (Å²) in [5.74, 6) is 1.73. The van der Waals surface area contributed by atoms with Crippen molar-refractivity contribution in [1.82, 2.24) is 9.78 Å². The Morgan fingerprint density at radius 1 is 1.22 bits per heavy atom. The van der Waals surface area contributed by atoms with E-state index in [1.54, 1.807) is 11.8 Å². The monoisotopic (exact) mass is 261 g/mol. The van der Waals surface area contributed by atoms with Gasteiger partial charge in [-0.15, -0.1) is 11.8 Å². The number of benzene rings is 1. The lowest BCUT2D eigenvalue weighted by Crippen LogP contribution is -2.06. The summed E-state index contributed by atoms with van der Waals surface area (Å²) in [4.78, 5) is 1.05. The molecule has 4 heteroatoms. The van der Waals surface area contributed by atoms with Crippen molar-refractivity contribution in [3.63, 3.8) is 0 Å². The maximum atomic E-state index is 6.18. The van der Waals surface area contributed by atoms with Gasteiger partial charge in [0.05, 0.1) is 16.8 Å². The summed E-state index contributed by atoms with van der Waals surface area (Å²) in [7, 11) is 0. The second-order valence-corrected chi connectivity index (χ2v) is 5.79. The predicted octanol–water partition coefficient (Wildman–Crippen LogP) is 3.49. The first-order valence-electron chi connectivity index (χ1n) is 6.09. The largest absolute Gasteiger partial charge is 0.383 e. The molecule has 1 heterocycles. The van der Waals surface area contributed by atoms with Crippen LogP contribution in [0.25, 0.3) is 5.69 Å². The second kappa shape index (κ2) is 5.06. The minimum atomic E-state index is 0.733. The third kappa shape index (κ3) is 2.25. The molecule has 2 aromatic rings. The van der Waals surface area contributed by atoms with Crippen molar-refractivity contribution >= 4 is 17.6 Å². The van der Waals surface area contributed by atoms with E-state index in [9.17, 15) is 0 Å². The molecule has 0 saturated heterocycles. The zero-order chi connectivity index (χ0) is 13.3. The first-order valence-corrected chi connectivity index (χ1v) is 7.07. The van der Waals surface area contributed by atoms with Crippen molar-refractivity contribution in [2.45, 2.75) is 32.6 Å². The standard InChI is InChI=1S/C14H19N3S/c1-5-18-12-8-16-17(14(12)15)13-10(3)6-9(2)7-11(13)4/h6-8H,5,15H2,1-4H3. The van der Waals surface area contributed by atoms with E-state index < -0.39 is 0 Å². The first-order chi connectivity index (χ1) is 8.54. The van der Waals surface area contributed by atoms with E-state index >= 15 is 0 Å². The maximum absolute atomic E-state index is 6.18. The van der Waals surface area contributed by atoms with Crippen LogP contribution in [0.5, 0.6) is 0 Å². The zero-order valence-electron chi connectivity index (χ0n) is 11.3. The van der Waals surface area contributed by atoms with Gasteiger partial charge in [-0.2, -0.15) is 5.10 Å². The van der Waals surface area contributed by atoms with Crippen molar-refractivity contribution in [1.29, 1.82) is 0 Å². The van der Waals surface area contributed by atoms with Crippen molar-refractivity contribution in [3.8, 4) is 5.69 Å². The van der Waals surface area contributed by atoms with Gasteiger partial charge in [0.15, 0.2) is 0 Å². The molecule has 0 aliphatic heterocycles. The Hall–Kier alpha value is -1.42. The quantitative estimate of drug-likeness (QED) is 0.860. The van der Waals surface area contributed by atoms with Crippen LogP contribution >= 0.6 is 11.8 Å². The molecule has 18 heavy (non-hydrogen) atoms. The Morgan fingerprint density at radius 2 is 1.83 bits per heavy atom. The Bertz CT molecular complexity index is 549. The molecule has 2 rings (SSSR count). The lowest BCUT2D eigenvalue weighted by molar-refractivity contribution is 0.873. The highest BCUT2D eigenvalue weighted by molar-refractivity contribution is 7.99. The molecule has 1 aromatic heterocycles. The molecule has 0 atom stereocenters. The molecule has 0 unspecified atom stereocenters. The van der Waals surface area contributed by atoms with E-state index in [0.717, 1.165) is 22.2 Å². The molecule has 0 radical (unpaired) electrons. The number of anilines is 1. The number of nitrogens with zero attached hydrogens (tertiary/aromatic N) is 2. The molecular weight excluding hydrogens is 242 g/mol. The van der Waals surface area contributed by atoms with Crippen LogP contribution < -0.4 is 5.73 Å². The first kappa shape index (κ1) is 13.0. The topological polar surface area (TPSA) is 43.8 Å². The highest BCUT2D eigenvalue weighted by Crippen LogP contribution is 2.29. The summed E-state index contributed by atoms with van der Waals surface area (Å²) in [6, 6.07) is 4.33. The number of rotatable bonds is 3. The number of nitrogens with two attached hydrogens (primary N) is 1. The van der Waals surface area contributed by atoms with Gasteiger partial charge in [0.1, 0.15) is 5.82 Å². The average molecular weight is 261 g/mol. The van der Waals surface area contributed by atoms with Crippen molar-refractivity contribution in [3.05, 3.63) is 35.0 Å². The molecule has 1 aromatic carbocycles. The normalized spacial score (nSPS) is 10.9. The van der Waals surface area contributed by atoms with E-state index in [4.69, 9.17) is 5.73 Å². The summed E-state index contributed by atoms with van der Waals surface area (Å²) >= 11 is 1.72. The van der Waals surface area contributed by atoms with Gasteiger partial charge in [-0.3, -0.25) is 0 Å². The fourth-order valence-electron chi connectivity index (χ4n) is 2.29. The molecule has 2 N–H and O–H groups in total. The molecule has 0 spiro atoms. The summed E-state index contributed by atoms with van der Waals surface area (Å²) in [5.41, 5.74) is 10.9. The number of aromatic nitrogens is 2. The Kier molecular flexibility index (Phi) is 3.66. The van der Waals surface area contributed by atoms with Crippen LogP contribution in [-0.4, -0.2) is 15.5 Å². The van der Waals surface area contributed by atoms with Crippen molar-refractivity contribution < 1.29 is 0 Å². The molecular formula is C14H19N3S. The fraction of sp³-hybridized carbons (Fsp3) is 0.357. The molecule has 0 aliphatic rings. The summed E-state index contributed by atoms with van der Waals surface area (Å²) in [5, 5.41) is 4.43. The van der Waals surface area contributed by atoms with E-state index in [0.29, 0.717) is 0 Å². The number of hydrogen-bond acceptors (Lipinski definition) is 3. The van der Waals surface area contributed by atoms with E-state index in [1.807, 2.05) is 10.9 Å². The molecule has 0 aliphatic carbocycles. The van der Waals surface area contributed by atoms with Gasteiger partial charge in [0.25, 0.3) is 0 Å².